The quantitative estimate of drug-likeness (QED) is 0.227. The molecule has 4 aromatic rings. The highest BCUT2D eigenvalue weighted by atomic mass is 16.6. The lowest BCUT2D eigenvalue weighted by molar-refractivity contribution is -0.169. The average molecular weight is 662 g/mol. The lowest BCUT2D eigenvalue weighted by Crippen LogP contribution is -2.61. The summed E-state index contributed by atoms with van der Waals surface area (Å²) in [6.45, 7) is 2.78. The van der Waals surface area contributed by atoms with E-state index < -0.39 is 41.6 Å². The number of methoxy groups -OCH3 is 2. The third-order valence-electron chi connectivity index (χ3n) is 10.5. The lowest BCUT2D eigenvalue weighted by Gasteiger charge is -2.40. The zero-order valence-electron chi connectivity index (χ0n) is 27.7. The Morgan fingerprint density at radius 2 is 1.39 bits per heavy atom. The molecule has 6 atom stereocenters. The SMILES string of the molecule is COc1ccc(C(OC[C@]23CN4[C@H]([C@@H](O2)N2C(=O)NC(=O)[C@@H](C)[C@H]42)[C@H]3OCc2ccccc2)(c2ccccc2)c2ccc(OC)cc2)cc1. The second kappa shape index (κ2) is 12.3. The standard InChI is InChI=1S/C39H39N3O7/c1-25-34(43)40-37(44)42-35(25)41-23-38(33(32(41)36(42)49-38)47-22-26-10-6-4-7-11-26)24-48-39(27-12-8-5-9-13-27,28-14-18-30(45-2)19-15-28)29-16-20-31(46-3)21-17-29/h4-21,25,32-33,35-36H,22-24H2,1-3H3,(H,40,43,44)/t25-,32+,33-,35-,36-,38+/m1/s1. The molecule has 10 heteroatoms. The summed E-state index contributed by atoms with van der Waals surface area (Å²) in [6.07, 6.45) is -1.49. The van der Waals surface area contributed by atoms with Gasteiger partial charge >= 0.3 is 6.03 Å². The van der Waals surface area contributed by atoms with Gasteiger partial charge in [0.2, 0.25) is 5.91 Å². The number of nitrogens with one attached hydrogen (secondary N) is 1. The molecule has 0 unspecified atom stereocenters. The van der Waals surface area contributed by atoms with Gasteiger partial charge < -0.3 is 23.7 Å². The number of ether oxygens (including phenoxy) is 5. The lowest BCUT2D eigenvalue weighted by atomic mass is 9.79. The number of benzene rings is 4. The van der Waals surface area contributed by atoms with Gasteiger partial charge in [0.05, 0.1) is 39.4 Å². The predicted octanol–water partition coefficient (Wildman–Crippen LogP) is 4.90. The van der Waals surface area contributed by atoms with Crippen LogP contribution in [0, 0.1) is 5.92 Å². The van der Waals surface area contributed by atoms with Gasteiger partial charge in [-0.05, 0) is 46.5 Å². The van der Waals surface area contributed by atoms with Crippen LogP contribution in [0.15, 0.2) is 109 Å². The molecule has 4 saturated heterocycles. The van der Waals surface area contributed by atoms with Crippen LogP contribution in [0.5, 0.6) is 11.5 Å². The summed E-state index contributed by atoms with van der Waals surface area (Å²) in [5.74, 6) is 0.730. The molecule has 3 amide bonds. The second-order valence-corrected chi connectivity index (χ2v) is 13.2. The van der Waals surface area contributed by atoms with Crippen LogP contribution in [0.1, 0.15) is 29.2 Å². The highest BCUT2D eigenvalue weighted by Crippen LogP contribution is 2.54. The van der Waals surface area contributed by atoms with Crippen LogP contribution in [0.2, 0.25) is 0 Å². The number of carbonyl (C=O) groups is 2. The summed E-state index contributed by atoms with van der Waals surface area (Å²) in [5, 5.41) is 2.53. The third-order valence-corrected chi connectivity index (χ3v) is 10.5. The van der Waals surface area contributed by atoms with Gasteiger partial charge in [-0.15, -0.1) is 0 Å². The van der Waals surface area contributed by atoms with Gasteiger partial charge in [-0.2, -0.15) is 0 Å². The summed E-state index contributed by atoms with van der Waals surface area (Å²) in [4.78, 5) is 30.1. The molecule has 4 aliphatic heterocycles. The maximum absolute atomic E-state index is 13.3. The van der Waals surface area contributed by atoms with Crippen molar-refractivity contribution in [2.75, 3.05) is 27.4 Å². The van der Waals surface area contributed by atoms with Gasteiger partial charge in [-0.25, -0.2) is 4.79 Å². The Morgan fingerprint density at radius 1 is 0.816 bits per heavy atom. The Bertz CT molecular complexity index is 1770. The Hall–Kier alpha value is -4.74. The van der Waals surface area contributed by atoms with E-state index in [2.05, 4.69) is 22.3 Å². The number of morpholine rings is 1. The van der Waals surface area contributed by atoms with E-state index >= 15 is 0 Å². The minimum Gasteiger partial charge on any atom is -0.497 e. The fraction of sp³-hybridized carbons (Fsp3) is 0.333. The highest BCUT2D eigenvalue weighted by Gasteiger charge is 2.74. The number of rotatable bonds is 11. The Morgan fingerprint density at radius 3 is 1.98 bits per heavy atom. The van der Waals surface area contributed by atoms with E-state index in [1.165, 1.54) is 0 Å². The number of imide groups is 1. The summed E-state index contributed by atoms with van der Waals surface area (Å²) in [6, 6.07) is 35.2. The Labute approximate surface area is 285 Å². The molecule has 252 valence electrons. The zero-order valence-corrected chi connectivity index (χ0v) is 27.7. The predicted molar refractivity (Wildman–Crippen MR) is 180 cm³/mol. The molecule has 49 heavy (non-hydrogen) atoms. The maximum Gasteiger partial charge on any atom is 0.327 e. The first-order valence-electron chi connectivity index (χ1n) is 16.6. The number of carbonyl (C=O) groups excluding carboxylic acids is 2. The largest absolute Gasteiger partial charge is 0.497 e. The molecule has 0 spiro atoms. The minimum absolute atomic E-state index is 0.132. The summed E-state index contributed by atoms with van der Waals surface area (Å²) in [7, 11) is 3.29. The van der Waals surface area contributed by atoms with Gasteiger partial charge in [0, 0.05) is 6.54 Å². The molecule has 4 aromatic carbocycles. The first-order chi connectivity index (χ1) is 23.9. The smallest absolute Gasteiger partial charge is 0.327 e. The Kier molecular flexibility index (Phi) is 7.91. The number of fused-ring (bicyclic) bond motifs is 4. The molecule has 8 rings (SSSR count). The summed E-state index contributed by atoms with van der Waals surface area (Å²) >= 11 is 0. The zero-order chi connectivity index (χ0) is 33.8. The van der Waals surface area contributed by atoms with Crippen molar-refractivity contribution in [2.24, 2.45) is 5.92 Å². The number of amides is 3. The van der Waals surface area contributed by atoms with Crippen LogP contribution >= 0.6 is 0 Å². The second-order valence-electron chi connectivity index (χ2n) is 13.2. The van der Waals surface area contributed by atoms with Gasteiger partial charge in [-0.3, -0.25) is 19.9 Å². The van der Waals surface area contributed by atoms with Gasteiger partial charge in [-0.1, -0.05) is 91.9 Å². The fourth-order valence-electron chi connectivity index (χ4n) is 8.18. The van der Waals surface area contributed by atoms with Crippen molar-refractivity contribution in [3.63, 3.8) is 0 Å². The van der Waals surface area contributed by atoms with Crippen molar-refractivity contribution in [3.8, 4) is 11.5 Å². The number of hydrogen-bond acceptors (Lipinski definition) is 8. The summed E-state index contributed by atoms with van der Waals surface area (Å²) in [5.41, 5.74) is 1.72. The van der Waals surface area contributed by atoms with E-state index in [1.54, 1.807) is 19.1 Å². The molecule has 4 heterocycles. The van der Waals surface area contributed by atoms with Crippen molar-refractivity contribution in [2.45, 2.75) is 49.3 Å². The Balaban J connectivity index is 1.23. The molecule has 1 N–H and O–H groups in total. The third kappa shape index (κ3) is 5.01. The van der Waals surface area contributed by atoms with E-state index in [4.69, 9.17) is 23.7 Å². The van der Waals surface area contributed by atoms with Crippen molar-refractivity contribution in [3.05, 3.63) is 131 Å². The maximum atomic E-state index is 13.3. The van der Waals surface area contributed by atoms with Gasteiger partial charge in [0.1, 0.15) is 35.0 Å². The van der Waals surface area contributed by atoms with E-state index in [-0.39, 0.29) is 18.6 Å². The number of nitrogens with zero attached hydrogens (tertiary/aromatic N) is 2. The molecule has 2 bridgehead atoms. The van der Waals surface area contributed by atoms with Crippen LogP contribution in [0.25, 0.3) is 0 Å². The highest BCUT2D eigenvalue weighted by molar-refractivity contribution is 5.98. The van der Waals surface area contributed by atoms with Crippen molar-refractivity contribution < 1.29 is 33.3 Å². The van der Waals surface area contributed by atoms with Gasteiger partial charge in [0.25, 0.3) is 0 Å². The number of hydrogen-bond donors (Lipinski definition) is 1. The first-order valence-corrected chi connectivity index (χ1v) is 16.6. The molecule has 4 fully saturated rings. The normalized spacial score (nSPS) is 27.2. The van der Waals surface area contributed by atoms with E-state index in [0.717, 1.165) is 33.8 Å². The van der Waals surface area contributed by atoms with Crippen LogP contribution in [-0.2, 0) is 31.2 Å². The summed E-state index contributed by atoms with van der Waals surface area (Å²) < 4.78 is 32.2. The van der Waals surface area contributed by atoms with Crippen LogP contribution in [-0.4, -0.2) is 79.2 Å². The molecule has 0 aromatic heterocycles. The van der Waals surface area contributed by atoms with Crippen LogP contribution in [0.3, 0.4) is 0 Å². The van der Waals surface area contributed by atoms with E-state index in [9.17, 15) is 9.59 Å². The van der Waals surface area contributed by atoms with E-state index in [1.807, 2.05) is 104 Å². The molecular weight excluding hydrogens is 622 g/mol. The molecule has 0 aliphatic carbocycles. The van der Waals surface area contributed by atoms with Crippen LogP contribution in [0.4, 0.5) is 4.79 Å². The topological polar surface area (TPSA) is 98.8 Å². The van der Waals surface area contributed by atoms with Gasteiger partial charge in [0.15, 0.2) is 6.23 Å². The van der Waals surface area contributed by atoms with Crippen molar-refractivity contribution in [1.29, 1.82) is 0 Å². The minimum atomic E-state index is -1.08. The van der Waals surface area contributed by atoms with Crippen molar-refractivity contribution in [1.82, 2.24) is 15.1 Å². The van der Waals surface area contributed by atoms with E-state index in [0.29, 0.717) is 13.2 Å². The molecule has 0 saturated carbocycles. The first kappa shape index (κ1) is 31.5. The number of urea groups is 1. The monoisotopic (exact) mass is 661 g/mol. The molecular formula is C39H39N3O7. The fourth-order valence-corrected chi connectivity index (χ4v) is 8.18. The average Bonchev–Trinajstić information content (AvgIpc) is 3.70. The molecule has 0 radical (unpaired) electrons. The molecule has 10 nitrogen and oxygen atoms in total. The van der Waals surface area contributed by atoms with Crippen LogP contribution < -0.4 is 14.8 Å². The van der Waals surface area contributed by atoms with Crippen molar-refractivity contribution >= 4 is 11.9 Å². The molecule has 4 aliphatic rings.